The number of nitrogens with one attached hydrogen (secondary N) is 1. The van der Waals surface area contributed by atoms with E-state index >= 15 is 0 Å². The van der Waals surface area contributed by atoms with E-state index in [0.717, 1.165) is 19.3 Å². The summed E-state index contributed by atoms with van der Waals surface area (Å²) in [5, 5.41) is 0. The molecule has 1 aliphatic rings. The van der Waals surface area contributed by atoms with Crippen LogP contribution in [-0.4, -0.2) is 30.8 Å². The Hall–Kier alpha value is -1.34. The van der Waals surface area contributed by atoms with Gasteiger partial charge in [0.25, 0.3) is 0 Å². The molecule has 0 bridgehead atoms. The van der Waals surface area contributed by atoms with Crippen LogP contribution in [0.1, 0.15) is 19.3 Å². The molecule has 0 amide bonds. The van der Waals surface area contributed by atoms with Gasteiger partial charge in [0.2, 0.25) is 0 Å². The van der Waals surface area contributed by atoms with Gasteiger partial charge in [-0.15, -0.1) is 0 Å². The standard InChI is InChI=1S/C10H16N4O2S/c11-9-5-4-6-12-10(9)13-17(15,16)14-7-2-1-3-8-14/h4-6H,1-3,7-8,11H2,(H,12,13). The number of aromatic nitrogens is 1. The number of anilines is 2. The molecule has 0 aliphatic carbocycles. The summed E-state index contributed by atoms with van der Waals surface area (Å²) in [6.45, 7) is 1.12. The van der Waals surface area contributed by atoms with Gasteiger partial charge in [-0.25, -0.2) is 4.98 Å². The van der Waals surface area contributed by atoms with Crippen LogP contribution >= 0.6 is 0 Å². The summed E-state index contributed by atoms with van der Waals surface area (Å²) in [5.74, 6) is 0.193. The predicted molar refractivity (Wildman–Crippen MR) is 66.6 cm³/mol. The SMILES string of the molecule is Nc1cccnc1NS(=O)(=O)N1CCCCC1. The highest BCUT2D eigenvalue weighted by Crippen LogP contribution is 2.18. The average Bonchev–Trinajstić information content (AvgIpc) is 2.33. The number of hydrogen-bond donors (Lipinski definition) is 2. The van der Waals surface area contributed by atoms with E-state index in [1.54, 1.807) is 12.1 Å². The lowest BCUT2D eigenvalue weighted by Crippen LogP contribution is -2.39. The van der Waals surface area contributed by atoms with Crippen LogP contribution in [0, 0.1) is 0 Å². The molecule has 0 radical (unpaired) electrons. The molecule has 1 aromatic rings. The van der Waals surface area contributed by atoms with Gasteiger partial charge in [0.15, 0.2) is 5.82 Å². The summed E-state index contributed by atoms with van der Waals surface area (Å²) in [7, 11) is -3.52. The summed E-state index contributed by atoms with van der Waals surface area (Å²) in [6.07, 6.45) is 4.39. The number of piperidine rings is 1. The molecule has 94 valence electrons. The molecule has 0 atom stereocenters. The molecule has 2 rings (SSSR count). The molecule has 0 saturated carbocycles. The zero-order valence-corrected chi connectivity index (χ0v) is 10.3. The van der Waals surface area contributed by atoms with Crippen LogP contribution in [0.5, 0.6) is 0 Å². The lowest BCUT2D eigenvalue weighted by Gasteiger charge is -2.26. The second-order valence-electron chi connectivity index (χ2n) is 4.01. The Morgan fingerprint density at radius 2 is 2.00 bits per heavy atom. The van der Waals surface area contributed by atoms with Gasteiger partial charge in [-0.05, 0) is 25.0 Å². The minimum atomic E-state index is -3.52. The molecule has 2 heterocycles. The third-order valence-electron chi connectivity index (χ3n) is 2.72. The van der Waals surface area contributed by atoms with Gasteiger partial charge in [-0.1, -0.05) is 6.42 Å². The van der Waals surface area contributed by atoms with E-state index in [1.165, 1.54) is 10.5 Å². The Bertz CT molecular complexity index is 483. The third kappa shape index (κ3) is 2.86. The molecule has 0 aromatic carbocycles. The van der Waals surface area contributed by atoms with E-state index in [9.17, 15) is 8.42 Å². The van der Waals surface area contributed by atoms with E-state index in [4.69, 9.17) is 5.73 Å². The van der Waals surface area contributed by atoms with Crippen molar-refractivity contribution in [2.24, 2.45) is 0 Å². The van der Waals surface area contributed by atoms with Crippen molar-refractivity contribution in [3.8, 4) is 0 Å². The van der Waals surface area contributed by atoms with Crippen LogP contribution in [-0.2, 0) is 10.2 Å². The molecule has 1 aliphatic heterocycles. The molecule has 3 N–H and O–H groups in total. The van der Waals surface area contributed by atoms with Crippen LogP contribution in [0.15, 0.2) is 18.3 Å². The van der Waals surface area contributed by atoms with Crippen molar-refractivity contribution in [3.05, 3.63) is 18.3 Å². The van der Waals surface area contributed by atoms with Crippen molar-refractivity contribution >= 4 is 21.7 Å². The molecule has 1 aromatic heterocycles. The van der Waals surface area contributed by atoms with E-state index in [-0.39, 0.29) is 5.82 Å². The van der Waals surface area contributed by atoms with Crippen molar-refractivity contribution in [1.82, 2.24) is 9.29 Å². The largest absolute Gasteiger partial charge is 0.396 e. The van der Waals surface area contributed by atoms with Gasteiger partial charge >= 0.3 is 10.2 Å². The summed E-state index contributed by atoms with van der Waals surface area (Å²) >= 11 is 0. The van der Waals surface area contributed by atoms with E-state index < -0.39 is 10.2 Å². The Kier molecular flexibility index (Phi) is 3.49. The smallest absolute Gasteiger partial charge is 0.302 e. The first-order valence-electron chi connectivity index (χ1n) is 5.58. The average molecular weight is 256 g/mol. The number of nitrogens with zero attached hydrogens (tertiary/aromatic N) is 2. The number of pyridine rings is 1. The van der Waals surface area contributed by atoms with Gasteiger partial charge in [0.1, 0.15) is 0 Å². The molecule has 17 heavy (non-hydrogen) atoms. The van der Waals surface area contributed by atoms with Crippen LogP contribution in [0.3, 0.4) is 0 Å². The van der Waals surface area contributed by atoms with Crippen LogP contribution < -0.4 is 10.5 Å². The minimum absolute atomic E-state index is 0.193. The molecule has 1 saturated heterocycles. The zero-order chi connectivity index (χ0) is 12.3. The summed E-state index contributed by atoms with van der Waals surface area (Å²) in [5.41, 5.74) is 5.98. The maximum absolute atomic E-state index is 12.0. The third-order valence-corrected chi connectivity index (χ3v) is 4.22. The molecule has 0 unspecified atom stereocenters. The van der Waals surface area contributed by atoms with Gasteiger partial charge in [0.05, 0.1) is 5.69 Å². The second kappa shape index (κ2) is 4.89. The van der Waals surface area contributed by atoms with Gasteiger partial charge in [-0.3, -0.25) is 4.72 Å². The van der Waals surface area contributed by atoms with Crippen molar-refractivity contribution in [1.29, 1.82) is 0 Å². The highest BCUT2D eigenvalue weighted by atomic mass is 32.2. The van der Waals surface area contributed by atoms with E-state index in [0.29, 0.717) is 18.8 Å². The van der Waals surface area contributed by atoms with E-state index in [2.05, 4.69) is 9.71 Å². The number of rotatable bonds is 3. The van der Waals surface area contributed by atoms with Crippen molar-refractivity contribution in [3.63, 3.8) is 0 Å². The van der Waals surface area contributed by atoms with Crippen LogP contribution in [0.4, 0.5) is 11.5 Å². The first-order valence-corrected chi connectivity index (χ1v) is 7.02. The fraction of sp³-hybridized carbons (Fsp3) is 0.500. The summed E-state index contributed by atoms with van der Waals surface area (Å²) in [6, 6.07) is 3.27. The Morgan fingerprint density at radius 1 is 1.29 bits per heavy atom. The quantitative estimate of drug-likeness (QED) is 0.837. The summed E-state index contributed by atoms with van der Waals surface area (Å²) < 4.78 is 27.9. The van der Waals surface area contributed by atoms with Crippen LogP contribution in [0.25, 0.3) is 0 Å². The maximum Gasteiger partial charge on any atom is 0.302 e. The highest BCUT2D eigenvalue weighted by Gasteiger charge is 2.24. The predicted octanol–water partition coefficient (Wildman–Crippen LogP) is 0.806. The first kappa shape index (κ1) is 12.1. The monoisotopic (exact) mass is 256 g/mol. The van der Waals surface area contributed by atoms with Crippen molar-refractivity contribution < 1.29 is 8.42 Å². The molecule has 0 spiro atoms. The fourth-order valence-corrected chi connectivity index (χ4v) is 3.08. The maximum atomic E-state index is 12.0. The topological polar surface area (TPSA) is 88.3 Å². The molecular formula is C10H16N4O2S. The van der Waals surface area contributed by atoms with Gasteiger partial charge in [-0.2, -0.15) is 12.7 Å². The van der Waals surface area contributed by atoms with Crippen LogP contribution in [0.2, 0.25) is 0 Å². The Balaban J connectivity index is 2.14. The lowest BCUT2D eigenvalue weighted by atomic mass is 10.2. The normalized spacial score (nSPS) is 17.9. The molecule has 7 heteroatoms. The van der Waals surface area contributed by atoms with Gasteiger partial charge < -0.3 is 5.73 Å². The first-order chi connectivity index (χ1) is 8.09. The van der Waals surface area contributed by atoms with Crippen molar-refractivity contribution in [2.45, 2.75) is 19.3 Å². The summed E-state index contributed by atoms with van der Waals surface area (Å²) in [4.78, 5) is 3.92. The van der Waals surface area contributed by atoms with E-state index in [1.807, 2.05) is 0 Å². The zero-order valence-electron chi connectivity index (χ0n) is 9.46. The fourth-order valence-electron chi connectivity index (χ4n) is 1.79. The number of hydrogen-bond acceptors (Lipinski definition) is 4. The van der Waals surface area contributed by atoms with Crippen molar-refractivity contribution in [2.75, 3.05) is 23.5 Å². The minimum Gasteiger partial charge on any atom is -0.396 e. The van der Waals surface area contributed by atoms with Gasteiger partial charge in [0, 0.05) is 19.3 Å². The molecular weight excluding hydrogens is 240 g/mol. The number of nitrogen functional groups attached to an aromatic ring is 1. The lowest BCUT2D eigenvalue weighted by molar-refractivity contribution is 0.349. The molecule has 1 fully saturated rings. The Labute approximate surface area is 101 Å². The Morgan fingerprint density at radius 3 is 2.65 bits per heavy atom. The number of nitrogens with two attached hydrogens (primary N) is 1. The molecule has 6 nitrogen and oxygen atoms in total. The highest BCUT2D eigenvalue weighted by molar-refractivity contribution is 7.90. The second-order valence-corrected chi connectivity index (χ2v) is 5.68.